The largest absolute Gasteiger partial charge is 0.364 e. The number of nitrogens with one attached hydrogen (secondary N) is 2. The number of nitrogens with zero attached hydrogens (tertiary/aromatic N) is 2. The minimum absolute atomic E-state index is 0.0845. The molecule has 3 amide bonds. The van der Waals surface area contributed by atoms with E-state index in [1.807, 2.05) is 12.1 Å². The number of likely N-dealkylation sites (tertiary alicyclic amines) is 1. The van der Waals surface area contributed by atoms with E-state index < -0.39 is 6.04 Å². The maximum atomic E-state index is 12.9. The summed E-state index contributed by atoms with van der Waals surface area (Å²) in [5, 5.41) is 5.35. The van der Waals surface area contributed by atoms with Gasteiger partial charge in [0.25, 0.3) is 0 Å². The highest BCUT2D eigenvalue weighted by molar-refractivity contribution is 5.97. The summed E-state index contributed by atoms with van der Waals surface area (Å²) in [7, 11) is 0. The van der Waals surface area contributed by atoms with Crippen LogP contribution in [0.25, 0.3) is 0 Å². The van der Waals surface area contributed by atoms with Crippen molar-refractivity contribution in [2.45, 2.75) is 64.0 Å². The maximum Gasteiger partial charge on any atom is 0.247 e. The van der Waals surface area contributed by atoms with Gasteiger partial charge in [-0.2, -0.15) is 0 Å². The first-order valence-electron chi connectivity index (χ1n) is 12.5. The van der Waals surface area contributed by atoms with Crippen LogP contribution in [-0.2, 0) is 19.8 Å². The molecule has 2 atom stereocenters. The van der Waals surface area contributed by atoms with Crippen LogP contribution in [-0.4, -0.2) is 48.8 Å². The summed E-state index contributed by atoms with van der Waals surface area (Å²) in [5.41, 5.74) is 4.67. The number of hydrogen-bond acceptors (Lipinski definition) is 4. The van der Waals surface area contributed by atoms with Gasteiger partial charge in [-0.05, 0) is 66.5 Å². The Labute approximate surface area is 207 Å². The van der Waals surface area contributed by atoms with Crippen LogP contribution in [0.15, 0.2) is 48.5 Å². The lowest BCUT2D eigenvalue weighted by molar-refractivity contribution is -0.136. The topological polar surface area (TPSA) is 81.8 Å². The second-order valence-corrected chi connectivity index (χ2v) is 10.5. The standard InChI is InChI=1S/C28H36N4O3/c1-28(2,3)21-10-14-23(15-11-21)31-16-4-6-24(31)20-8-12-22(13-9-20)30-27(35)25-7-5-17-32(25)26(34)18-29-19-33/h8-15,19,24-25H,4-7,16-18H2,1-3H3,(H,29,33)(H,30,35)/t24-,25-/m0/s1. The summed E-state index contributed by atoms with van der Waals surface area (Å²) < 4.78 is 0. The quantitative estimate of drug-likeness (QED) is 0.592. The zero-order valence-electron chi connectivity index (χ0n) is 20.9. The van der Waals surface area contributed by atoms with Gasteiger partial charge in [0.2, 0.25) is 18.2 Å². The van der Waals surface area contributed by atoms with Crippen molar-refractivity contribution < 1.29 is 14.4 Å². The fourth-order valence-electron chi connectivity index (χ4n) is 5.16. The Bertz CT molecular complexity index is 1040. The first kappa shape index (κ1) is 24.8. The Morgan fingerprint density at radius 3 is 2.31 bits per heavy atom. The van der Waals surface area contributed by atoms with Gasteiger partial charge in [-0.1, -0.05) is 45.0 Å². The number of hydrogen-bond donors (Lipinski definition) is 2. The maximum absolute atomic E-state index is 12.9. The summed E-state index contributed by atoms with van der Waals surface area (Å²) in [4.78, 5) is 39.7. The lowest BCUT2D eigenvalue weighted by atomic mass is 9.87. The van der Waals surface area contributed by atoms with Gasteiger partial charge in [0, 0.05) is 24.5 Å². The van der Waals surface area contributed by atoms with Crippen LogP contribution in [0.2, 0.25) is 0 Å². The summed E-state index contributed by atoms with van der Waals surface area (Å²) in [6, 6.07) is 16.8. The average Bonchev–Trinajstić information content (AvgIpc) is 3.53. The Morgan fingerprint density at radius 2 is 1.66 bits per heavy atom. The van der Waals surface area contributed by atoms with Crippen molar-refractivity contribution >= 4 is 29.6 Å². The molecule has 0 aromatic heterocycles. The van der Waals surface area contributed by atoms with E-state index in [1.165, 1.54) is 16.8 Å². The molecule has 2 aliphatic rings. The van der Waals surface area contributed by atoms with Crippen LogP contribution in [0.1, 0.15) is 63.6 Å². The molecule has 2 fully saturated rings. The molecule has 0 aliphatic carbocycles. The number of carbonyl (C=O) groups excluding carboxylic acids is 3. The Hall–Kier alpha value is -3.35. The third-order valence-corrected chi connectivity index (χ3v) is 7.09. The lowest BCUT2D eigenvalue weighted by Crippen LogP contribution is -2.46. The van der Waals surface area contributed by atoms with E-state index in [-0.39, 0.29) is 23.8 Å². The van der Waals surface area contributed by atoms with E-state index in [0.29, 0.717) is 25.4 Å². The SMILES string of the molecule is CC(C)(C)c1ccc(N2CCC[C@H]2c2ccc(NC(=O)[C@@H]3CCCN3C(=O)CNC=O)cc2)cc1. The number of carbonyl (C=O) groups is 3. The first-order valence-corrected chi connectivity index (χ1v) is 12.5. The molecule has 4 rings (SSSR count). The molecule has 0 bridgehead atoms. The van der Waals surface area contributed by atoms with Crippen molar-refractivity contribution in [3.05, 3.63) is 59.7 Å². The predicted octanol–water partition coefficient (Wildman–Crippen LogP) is 4.00. The Balaban J connectivity index is 1.40. The average molecular weight is 477 g/mol. The third-order valence-electron chi connectivity index (χ3n) is 7.09. The zero-order valence-corrected chi connectivity index (χ0v) is 20.9. The monoisotopic (exact) mass is 476 g/mol. The van der Waals surface area contributed by atoms with Crippen molar-refractivity contribution in [1.82, 2.24) is 10.2 Å². The van der Waals surface area contributed by atoms with E-state index in [1.54, 1.807) is 4.90 Å². The van der Waals surface area contributed by atoms with Gasteiger partial charge in [-0.15, -0.1) is 0 Å². The molecule has 7 nitrogen and oxygen atoms in total. The Kier molecular flexibility index (Phi) is 7.43. The molecular formula is C28H36N4O3. The molecule has 35 heavy (non-hydrogen) atoms. The van der Waals surface area contributed by atoms with E-state index in [2.05, 4.69) is 72.7 Å². The third kappa shape index (κ3) is 5.66. The van der Waals surface area contributed by atoms with Crippen LogP contribution in [0.3, 0.4) is 0 Å². The van der Waals surface area contributed by atoms with Crippen molar-refractivity contribution in [3.63, 3.8) is 0 Å². The molecule has 2 aromatic rings. The summed E-state index contributed by atoms with van der Waals surface area (Å²) in [6.45, 7) is 8.17. The highest BCUT2D eigenvalue weighted by atomic mass is 16.2. The molecule has 2 aliphatic heterocycles. The minimum atomic E-state index is -0.503. The van der Waals surface area contributed by atoms with Crippen LogP contribution in [0.4, 0.5) is 11.4 Å². The van der Waals surface area contributed by atoms with E-state index in [9.17, 15) is 14.4 Å². The minimum Gasteiger partial charge on any atom is -0.364 e. The summed E-state index contributed by atoms with van der Waals surface area (Å²) in [6.07, 6.45) is 4.15. The van der Waals surface area contributed by atoms with Gasteiger partial charge in [0.1, 0.15) is 6.04 Å². The van der Waals surface area contributed by atoms with E-state index in [4.69, 9.17) is 0 Å². The van der Waals surface area contributed by atoms with Crippen molar-refractivity contribution in [1.29, 1.82) is 0 Å². The van der Waals surface area contributed by atoms with Crippen LogP contribution in [0.5, 0.6) is 0 Å². The molecule has 2 heterocycles. The van der Waals surface area contributed by atoms with Crippen LogP contribution >= 0.6 is 0 Å². The van der Waals surface area contributed by atoms with Gasteiger partial charge >= 0.3 is 0 Å². The molecule has 186 valence electrons. The van der Waals surface area contributed by atoms with Gasteiger partial charge in [-0.3, -0.25) is 14.4 Å². The highest BCUT2D eigenvalue weighted by Crippen LogP contribution is 2.37. The van der Waals surface area contributed by atoms with E-state index in [0.717, 1.165) is 31.5 Å². The lowest BCUT2D eigenvalue weighted by Gasteiger charge is -2.28. The predicted molar refractivity (Wildman–Crippen MR) is 138 cm³/mol. The smallest absolute Gasteiger partial charge is 0.247 e. The fraction of sp³-hybridized carbons (Fsp3) is 0.464. The molecule has 0 spiro atoms. The second-order valence-electron chi connectivity index (χ2n) is 10.5. The van der Waals surface area contributed by atoms with Crippen molar-refractivity contribution in [3.8, 4) is 0 Å². The molecule has 0 unspecified atom stereocenters. The van der Waals surface area contributed by atoms with Gasteiger partial charge in [0.05, 0.1) is 12.6 Å². The van der Waals surface area contributed by atoms with Gasteiger partial charge in [0.15, 0.2) is 0 Å². The number of benzene rings is 2. The molecule has 2 aromatic carbocycles. The van der Waals surface area contributed by atoms with Gasteiger partial charge < -0.3 is 20.4 Å². The molecular weight excluding hydrogens is 440 g/mol. The van der Waals surface area contributed by atoms with Gasteiger partial charge in [-0.25, -0.2) is 0 Å². The van der Waals surface area contributed by atoms with E-state index >= 15 is 0 Å². The van der Waals surface area contributed by atoms with Crippen LogP contribution in [0, 0.1) is 0 Å². The summed E-state index contributed by atoms with van der Waals surface area (Å²) in [5.74, 6) is -0.418. The summed E-state index contributed by atoms with van der Waals surface area (Å²) >= 11 is 0. The molecule has 2 N–H and O–H groups in total. The van der Waals surface area contributed by atoms with Crippen molar-refractivity contribution in [2.24, 2.45) is 0 Å². The Morgan fingerprint density at radius 1 is 0.971 bits per heavy atom. The first-order chi connectivity index (χ1) is 16.8. The number of amides is 3. The molecule has 7 heteroatoms. The number of anilines is 2. The van der Waals surface area contributed by atoms with Crippen molar-refractivity contribution in [2.75, 3.05) is 29.9 Å². The molecule has 0 saturated carbocycles. The molecule has 2 saturated heterocycles. The second kappa shape index (κ2) is 10.5. The fourth-order valence-corrected chi connectivity index (χ4v) is 5.16. The number of rotatable bonds is 7. The highest BCUT2D eigenvalue weighted by Gasteiger charge is 2.34. The van der Waals surface area contributed by atoms with Crippen LogP contribution < -0.4 is 15.5 Å². The normalized spacial score (nSPS) is 20.1. The molecule has 0 radical (unpaired) electrons. The zero-order chi connectivity index (χ0) is 25.0.